The Labute approximate surface area is 77.1 Å². The van der Waals surface area contributed by atoms with Crippen LogP contribution in [0.15, 0.2) is 24.3 Å². The van der Waals surface area contributed by atoms with Gasteiger partial charge >= 0.3 is 0 Å². The van der Waals surface area contributed by atoms with E-state index in [1.165, 1.54) is 18.2 Å². The molecule has 0 aliphatic heterocycles. The predicted molar refractivity (Wildman–Crippen MR) is 50.4 cm³/mol. The second kappa shape index (κ2) is 4.42. The summed E-state index contributed by atoms with van der Waals surface area (Å²) in [5.74, 6) is -0.310. The fourth-order valence-corrected chi connectivity index (χ4v) is 1.02. The van der Waals surface area contributed by atoms with Crippen LogP contribution in [0.1, 0.15) is 24.5 Å². The number of nitrogens with zero attached hydrogens (tertiary/aromatic N) is 1. The van der Waals surface area contributed by atoms with E-state index in [9.17, 15) is 4.39 Å². The van der Waals surface area contributed by atoms with Gasteiger partial charge < -0.3 is 0 Å². The van der Waals surface area contributed by atoms with Crippen LogP contribution < -0.4 is 0 Å². The summed E-state index contributed by atoms with van der Waals surface area (Å²) in [7, 11) is 0. The lowest BCUT2D eigenvalue weighted by Crippen LogP contribution is -1.83. The van der Waals surface area contributed by atoms with E-state index in [0.29, 0.717) is 11.1 Å². The average Bonchev–Trinajstić information content (AvgIpc) is 2.15. The molecule has 1 nitrogen and oxygen atoms in total. The lowest BCUT2D eigenvalue weighted by atomic mass is 10.1. The van der Waals surface area contributed by atoms with E-state index in [1.807, 2.05) is 19.1 Å². The molecule has 0 radical (unpaired) electrons. The first kappa shape index (κ1) is 9.47. The monoisotopic (exact) mass is 175 g/mol. The minimum atomic E-state index is -0.310. The van der Waals surface area contributed by atoms with Crippen molar-refractivity contribution >= 4 is 6.08 Å². The van der Waals surface area contributed by atoms with Crippen molar-refractivity contribution in [2.45, 2.75) is 13.3 Å². The molecule has 0 fully saturated rings. The van der Waals surface area contributed by atoms with Crippen LogP contribution in [-0.4, -0.2) is 0 Å². The van der Waals surface area contributed by atoms with Crippen LogP contribution in [-0.2, 0) is 0 Å². The molecule has 1 rings (SSSR count). The molecule has 0 aromatic heterocycles. The summed E-state index contributed by atoms with van der Waals surface area (Å²) in [6.45, 7) is 1.99. The minimum Gasteiger partial charge on any atom is -0.207 e. The number of allylic oxidation sites excluding steroid dienone is 1. The third-order valence-corrected chi connectivity index (χ3v) is 1.67. The molecule has 0 heterocycles. The fourth-order valence-electron chi connectivity index (χ4n) is 1.02. The number of hydrogen-bond donors (Lipinski definition) is 0. The molecule has 0 bridgehead atoms. The molecule has 0 saturated heterocycles. The van der Waals surface area contributed by atoms with E-state index in [-0.39, 0.29) is 5.82 Å². The fraction of sp³-hybridized carbons (Fsp3) is 0.182. The molecule has 13 heavy (non-hydrogen) atoms. The Morgan fingerprint density at radius 2 is 2.31 bits per heavy atom. The number of hydrogen-bond acceptors (Lipinski definition) is 1. The number of benzene rings is 1. The van der Waals surface area contributed by atoms with E-state index < -0.39 is 0 Å². The summed E-state index contributed by atoms with van der Waals surface area (Å²) in [6, 6.07) is 6.16. The van der Waals surface area contributed by atoms with Gasteiger partial charge in [-0.05, 0) is 30.2 Å². The second-order valence-electron chi connectivity index (χ2n) is 2.65. The van der Waals surface area contributed by atoms with Crippen molar-refractivity contribution in [2.75, 3.05) is 0 Å². The van der Waals surface area contributed by atoms with Gasteiger partial charge in [-0.3, -0.25) is 0 Å². The van der Waals surface area contributed by atoms with Gasteiger partial charge in [-0.15, -0.1) is 0 Å². The third-order valence-electron chi connectivity index (χ3n) is 1.67. The van der Waals surface area contributed by atoms with E-state index in [1.54, 1.807) is 6.08 Å². The Hall–Kier alpha value is -1.62. The molecule has 0 atom stereocenters. The lowest BCUT2D eigenvalue weighted by Gasteiger charge is -1.96. The van der Waals surface area contributed by atoms with Crippen molar-refractivity contribution in [3.8, 4) is 6.07 Å². The Morgan fingerprint density at radius 1 is 1.54 bits per heavy atom. The molecule has 0 unspecified atom stereocenters. The average molecular weight is 175 g/mol. The molecular formula is C11H10FN. The number of halogens is 1. The largest absolute Gasteiger partial charge is 0.207 e. The van der Waals surface area contributed by atoms with Crippen molar-refractivity contribution < 1.29 is 4.39 Å². The first-order chi connectivity index (χ1) is 6.27. The lowest BCUT2D eigenvalue weighted by molar-refractivity contribution is 0.627. The highest BCUT2D eigenvalue weighted by Crippen LogP contribution is 2.12. The standard InChI is InChI=1S/C11H10FN/c1-2-3-4-9-7-11(12)6-5-10(9)8-13/h3-7H,2H2,1H3/b4-3+. The van der Waals surface area contributed by atoms with Crippen molar-refractivity contribution in [1.29, 1.82) is 5.26 Å². The summed E-state index contributed by atoms with van der Waals surface area (Å²) < 4.78 is 12.8. The van der Waals surface area contributed by atoms with Gasteiger partial charge in [-0.1, -0.05) is 19.1 Å². The Balaban J connectivity index is 3.10. The van der Waals surface area contributed by atoms with E-state index in [2.05, 4.69) is 0 Å². The van der Waals surface area contributed by atoms with Crippen LogP contribution in [0.5, 0.6) is 0 Å². The molecule has 0 spiro atoms. The molecule has 0 aliphatic carbocycles. The summed E-state index contributed by atoms with van der Waals surface area (Å²) in [4.78, 5) is 0. The molecule has 1 aromatic rings. The molecule has 0 amide bonds. The highest BCUT2D eigenvalue weighted by Gasteiger charge is 1.99. The van der Waals surface area contributed by atoms with Crippen molar-refractivity contribution in [1.82, 2.24) is 0 Å². The van der Waals surface area contributed by atoms with Gasteiger partial charge in [-0.2, -0.15) is 5.26 Å². The molecule has 0 N–H and O–H groups in total. The molecule has 0 saturated carbocycles. The maximum Gasteiger partial charge on any atom is 0.123 e. The SMILES string of the molecule is CC/C=C/c1cc(F)ccc1C#N. The van der Waals surface area contributed by atoms with Crippen LogP contribution in [0, 0.1) is 17.1 Å². The highest BCUT2D eigenvalue weighted by molar-refractivity contribution is 5.57. The van der Waals surface area contributed by atoms with Crippen molar-refractivity contribution in [3.63, 3.8) is 0 Å². The maximum atomic E-state index is 12.8. The number of nitriles is 1. The normalized spacial score (nSPS) is 10.2. The summed E-state index contributed by atoms with van der Waals surface area (Å²) in [5, 5.41) is 8.70. The third kappa shape index (κ3) is 2.41. The number of rotatable bonds is 2. The van der Waals surface area contributed by atoms with Gasteiger partial charge in [0.05, 0.1) is 11.6 Å². The summed E-state index contributed by atoms with van der Waals surface area (Å²) in [5.41, 5.74) is 1.15. The van der Waals surface area contributed by atoms with Gasteiger partial charge in [0.25, 0.3) is 0 Å². The summed E-state index contributed by atoms with van der Waals surface area (Å²) >= 11 is 0. The Bertz CT molecular complexity index is 361. The molecule has 2 heteroatoms. The van der Waals surface area contributed by atoms with Crippen LogP contribution in [0.3, 0.4) is 0 Å². The van der Waals surface area contributed by atoms with Crippen LogP contribution in [0.25, 0.3) is 6.08 Å². The Morgan fingerprint density at radius 3 is 2.92 bits per heavy atom. The second-order valence-corrected chi connectivity index (χ2v) is 2.65. The van der Waals surface area contributed by atoms with Crippen molar-refractivity contribution in [2.24, 2.45) is 0 Å². The van der Waals surface area contributed by atoms with E-state index in [0.717, 1.165) is 6.42 Å². The Kier molecular flexibility index (Phi) is 3.22. The first-order valence-corrected chi connectivity index (χ1v) is 4.14. The van der Waals surface area contributed by atoms with Crippen LogP contribution in [0.4, 0.5) is 4.39 Å². The van der Waals surface area contributed by atoms with Crippen molar-refractivity contribution in [3.05, 3.63) is 41.2 Å². The zero-order valence-electron chi connectivity index (χ0n) is 7.42. The predicted octanol–water partition coefficient (Wildman–Crippen LogP) is 3.12. The van der Waals surface area contributed by atoms with Gasteiger partial charge in [0.1, 0.15) is 5.82 Å². The topological polar surface area (TPSA) is 23.8 Å². The molecule has 1 aromatic carbocycles. The van der Waals surface area contributed by atoms with Crippen LogP contribution in [0.2, 0.25) is 0 Å². The summed E-state index contributed by atoms with van der Waals surface area (Å²) in [6.07, 6.45) is 4.54. The quantitative estimate of drug-likeness (QED) is 0.677. The van der Waals surface area contributed by atoms with Gasteiger partial charge in [0.15, 0.2) is 0 Å². The molecule has 66 valence electrons. The molecule has 0 aliphatic rings. The smallest absolute Gasteiger partial charge is 0.123 e. The zero-order chi connectivity index (χ0) is 9.68. The van der Waals surface area contributed by atoms with Gasteiger partial charge in [-0.25, -0.2) is 4.39 Å². The van der Waals surface area contributed by atoms with E-state index in [4.69, 9.17) is 5.26 Å². The first-order valence-electron chi connectivity index (χ1n) is 4.14. The molecular weight excluding hydrogens is 165 g/mol. The van der Waals surface area contributed by atoms with Crippen LogP contribution >= 0.6 is 0 Å². The van der Waals surface area contributed by atoms with Gasteiger partial charge in [0.2, 0.25) is 0 Å². The van der Waals surface area contributed by atoms with Gasteiger partial charge in [0, 0.05) is 0 Å². The highest BCUT2D eigenvalue weighted by atomic mass is 19.1. The minimum absolute atomic E-state index is 0.310. The maximum absolute atomic E-state index is 12.8. The zero-order valence-corrected chi connectivity index (χ0v) is 7.42. The van der Waals surface area contributed by atoms with E-state index >= 15 is 0 Å².